The number of hydrogen-bond donors (Lipinski definition) is 4. The van der Waals surface area contributed by atoms with Crippen molar-refractivity contribution in [3.05, 3.63) is 0 Å². The maximum absolute atomic E-state index is 15.4. The van der Waals surface area contributed by atoms with Gasteiger partial charge in [-0.3, -0.25) is 57.5 Å². The van der Waals surface area contributed by atoms with Crippen molar-refractivity contribution in [2.75, 3.05) is 94.8 Å². The summed E-state index contributed by atoms with van der Waals surface area (Å²) in [5.74, 6) is -11.3. The second-order valence-electron chi connectivity index (χ2n) is 29.4. The normalized spacial score (nSPS) is 29.6. The third-order valence-corrected chi connectivity index (χ3v) is 22.2. The Morgan fingerprint density at radius 3 is 1.83 bits per heavy atom. The van der Waals surface area contributed by atoms with Crippen LogP contribution in [0.25, 0.3) is 0 Å². The van der Waals surface area contributed by atoms with E-state index in [9.17, 15) is 51.5 Å². The van der Waals surface area contributed by atoms with Crippen LogP contribution in [-0.4, -0.2) is 264 Å². The molecule has 1 spiro atoms. The largest absolute Gasteiger partial charge is 0.393 e. The predicted molar refractivity (Wildman–Crippen MR) is 360 cm³/mol. The minimum atomic E-state index is -4.51. The standard InChI is InChI=1S/C69H112ClF3N12O13/c1-13-43(5)58-66(96)80(9)40-56(88)78(7)41-57(89)82(11)53(37-45-21-16-15-17-22-45)65(95)79(8)39-54(86)74-49(27-25-46-24-26-47(48(70)36-46)69(71,72)73)64(94)85-30-20-23-51(85)61(91)77-68(28-18-19-29-68)67(97)83(12)59(44(6)14-2)62(92)75-50(63(93)84-31-33-98-34-32-84)38-55(87)81(10)52(35-42(3)4)60(90)76-58/h42-53,58-59H,13-41H2,1-12H3,(H,74,86)(H,75,92)(H,76,90)(H,77,91)/t43-,44-,46?,47?,48?,49-,50-,51-,52-,53-,58-,59-/m0/s1. The number of hydrogen-bond acceptors (Lipinski definition) is 13. The molecular weight excluding hydrogens is 1300 g/mol. The summed E-state index contributed by atoms with van der Waals surface area (Å²) in [6.07, 6.45) is 2.19. The average Bonchev–Trinajstić information content (AvgIpc) is 1.42. The molecule has 3 heterocycles. The van der Waals surface area contributed by atoms with Crippen LogP contribution in [0.5, 0.6) is 0 Å². The van der Waals surface area contributed by atoms with E-state index in [4.69, 9.17) is 16.3 Å². The summed E-state index contributed by atoms with van der Waals surface area (Å²) in [6, 6.07) is -8.82. The lowest BCUT2D eigenvalue weighted by Crippen LogP contribution is -2.65. The van der Waals surface area contributed by atoms with E-state index < -0.39 is 174 Å². The Labute approximate surface area is 582 Å². The molecule has 3 saturated heterocycles. The summed E-state index contributed by atoms with van der Waals surface area (Å²) in [6.45, 7) is 9.92. The molecule has 25 nitrogen and oxygen atoms in total. The molecule has 3 saturated carbocycles. The lowest BCUT2D eigenvalue weighted by Gasteiger charge is -2.40. The van der Waals surface area contributed by atoms with Crippen LogP contribution in [0.1, 0.15) is 176 Å². The number of fused-ring (bicyclic) bond motifs is 1. The molecule has 0 aromatic heterocycles. The maximum Gasteiger partial charge on any atom is 0.393 e. The lowest BCUT2D eigenvalue weighted by atomic mass is 9.78. The van der Waals surface area contributed by atoms with Gasteiger partial charge in [0.1, 0.15) is 47.8 Å². The van der Waals surface area contributed by atoms with E-state index >= 15 is 19.2 Å². The highest BCUT2D eigenvalue weighted by molar-refractivity contribution is 6.21. The zero-order chi connectivity index (χ0) is 72.7. The van der Waals surface area contributed by atoms with Gasteiger partial charge in [0, 0.05) is 67.3 Å². The fourth-order valence-corrected chi connectivity index (χ4v) is 15.6. The van der Waals surface area contributed by atoms with Crippen LogP contribution < -0.4 is 21.3 Å². The van der Waals surface area contributed by atoms with Gasteiger partial charge in [0.25, 0.3) is 0 Å². The van der Waals surface area contributed by atoms with E-state index in [1.54, 1.807) is 13.8 Å². The van der Waals surface area contributed by atoms with Gasteiger partial charge in [0.2, 0.25) is 70.9 Å². The molecule has 6 fully saturated rings. The number of nitrogens with one attached hydrogen (secondary N) is 4. The number of halogens is 4. The molecule has 98 heavy (non-hydrogen) atoms. The number of rotatable bonds is 12. The first-order valence-electron chi connectivity index (χ1n) is 35.8. The highest BCUT2D eigenvalue weighted by Crippen LogP contribution is 2.44. The summed E-state index contributed by atoms with van der Waals surface area (Å²) in [5, 5.41) is 10.3. The quantitative estimate of drug-likeness (QED) is 0.197. The van der Waals surface area contributed by atoms with Gasteiger partial charge in [-0.2, -0.15) is 13.2 Å². The first-order valence-corrected chi connectivity index (χ1v) is 36.2. The van der Waals surface area contributed by atoms with Crippen molar-refractivity contribution in [1.29, 1.82) is 0 Å². The van der Waals surface area contributed by atoms with Crippen LogP contribution in [0, 0.1) is 35.5 Å². The highest BCUT2D eigenvalue weighted by atomic mass is 35.5. The molecule has 554 valence electrons. The summed E-state index contributed by atoms with van der Waals surface area (Å²) in [4.78, 5) is 187. The van der Waals surface area contributed by atoms with Crippen molar-refractivity contribution >= 4 is 82.5 Å². The van der Waals surface area contributed by atoms with E-state index in [2.05, 4.69) is 21.3 Å². The minimum absolute atomic E-state index is 0.00493. The number of morpholine rings is 1. The Balaban J connectivity index is 1.40. The van der Waals surface area contributed by atoms with Crippen LogP contribution in [-0.2, 0) is 62.3 Å². The molecule has 12 amide bonds. The zero-order valence-electron chi connectivity index (χ0n) is 60.0. The van der Waals surface area contributed by atoms with E-state index in [0.29, 0.717) is 32.1 Å². The zero-order valence-corrected chi connectivity index (χ0v) is 60.7. The Hall–Kier alpha value is -6.32. The van der Waals surface area contributed by atoms with E-state index in [-0.39, 0.29) is 115 Å². The topological polar surface area (TPSA) is 288 Å². The lowest BCUT2D eigenvalue weighted by molar-refractivity contribution is -0.182. The molecule has 0 radical (unpaired) electrons. The Bertz CT molecular complexity index is 2820. The first-order chi connectivity index (χ1) is 46.1. The number of ether oxygens (including phenoxy) is 1. The van der Waals surface area contributed by atoms with E-state index in [1.165, 1.54) is 66.8 Å². The van der Waals surface area contributed by atoms with Crippen molar-refractivity contribution in [3.8, 4) is 0 Å². The summed E-state index contributed by atoms with van der Waals surface area (Å²) in [5.41, 5.74) is -1.58. The van der Waals surface area contributed by atoms with Gasteiger partial charge >= 0.3 is 6.18 Å². The molecule has 3 aliphatic carbocycles. The molecule has 3 unspecified atom stereocenters. The number of carbonyl (C=O) groups excluding carboxylic acids is 12. The first kappa shape index (κ1) is 80.7. The van der Waals surface area contributed by atoms with Crippen LogP contribution in [0.4, 0.5) is 13.2 Å². The molecule has 6 rings (SSSR count). The van der Waals surface area contributed by atoms with Crippen molar-refractivity contribution in [2.24, 2.45) is 35.5 Å². The highest BCUT2D eigenvalue weighted by Gasteiger charge is 2.51. The number of likely N-dealkylation sites (N-methyl/N-ethyl adjacent to an activating group) is 6. The van der Waals surface area contributed by atoms with Crippen LogP contribution in [0.15, 0.2) is 0 Å². The van der Waals surface area contributed by atoms with Crippen molar-refractivity contribution in [1.82, 2.24) is 60.5 Å². The van der Waals surface area contributed by atoms with Gasteiger partial charge in [-0.05, 0) is 100 Å². The number of alkyl halides is 4. The number of carbonyl (C=O) groups is 12. The molecule has 0 aromatic carbocycles. The van der Waals surface area contributed by atoms with Crippen LogP contribution >= 0.6 is 11.6 Å². The fraction of sp³-hybridized carbons (Fsp3) is 0.826. The van der Waals surface area contributed by atoms with Crippen LogP contribution in [0.2, 0.25) is 0 Å². The molecule has 0 bridgehead atoms. The van der Waals surface area contributed by atoms with E-state index in [0.717, 1.165) is 46.8 Å². The van der Waals surface area contributed by atoms with Gasteiger partial charge in [0.15, 0.2) is 0 Å². The Morgan fingerprint density at radius 2 is 1.22 bits per heavy atom. The number of amides is 12. The molecule has 6 aliphatic rings. The molecule has 3 aliphatic heterocycles. The summed E-state index contributed by atoms with van der Waals surface area (Å²) in [7, 11) is 8.45. The molecular formula is C69H112ClF3N12O13. The Morgan fingerprint density at radius 1 is 0.612 bits per heavy atom. The average molecular weight is 1410 g/mol. The van der Waals surface area contributed by atoms with E-state index in [1.807, 2.05) is 27.7 Å². The third kappa shape index (κ3) is 20.9. The van der Waals surface area contributed by atoms with Crippen molar-refractivity contribution in [2.45, 2.75) is 236 Å². The number of nitrogens with zero attached hydrogens (tertiary/aromatic N) is 8. The monoisotopic (exact) mass is 1410 g/mol. The molecule has 29 heteroatoms. The second-order valence-corrected chi connectivity index (χ2v) is 29.9. The van der Waals surface area contributed by atoms with Crippen molar-refractivity contribution < 1.29 is 75.4 Å². The summed E-state index contributed by atoms with van der Waals surface area (Å²) >= 11 is 6.39. The maximum atomic E-state index is 15.4. The smallest absolute Gasteiger partial charge is 0.378 e. The third-order valence-electron chi connectivity index (χ3n) is 21.7. The van der Waals surface area contributed by atoms with Gasteiger partial charge in [0.05, 0.1) is 45.2 Å². The van der Waals surface area contributed by atoms with Crippen LogP contribution in [0.3, 0.4) is 0 Å². The fourth-order valence-electron chi connectivity index (χ4n) is 15.1. The van der Waals surface area contributed by atoms with Gasteiger partial charge in [-0.25, -0.2) is 0 Å². The van der Waals surface area contributed by atoms with Gasteiger partial charge in [-0.15, -0.1) is 11.6 Å². The predicted octanol–water partition coefficient (Wildman–Crippen LogP) is 4.45. The van der Waals surface area contributed by atoms with Gasteiger partial charge in [-0.1, -0.05) is 99.3 Å². The molecule has 4 N–H and O–H groups in total. The van der Waals surface area contributed by atoms with Crippen molar-refractivity contribution in [3.63, 3.8) is 0 Å². The molecule has 12 atom stereocenters. The Kier molecular flexibility index (Phi) is 29.9. The minimum Gasteiger partial charge on any atom is -0.378 e. The molecule has 0 aromatic rings. The second kappa shape index (κ2) is 36.3. The summed E-state index contributed by atoms with van der Waals surface area (Å²) < 4.78 is 47.5. The SMILES string of the molecule is CC[C@H](C)[C@@H]1NC(=O)[C@H](CC(C)C)N(C)C(=O)C[C@@H](C(=O)N2CCOCC2)NC(=O)[C@H]([C@@H](C)CC)N(C)C(=O)C2(CCCC2)NC(=O)[C@@H]2CCCN2C(=O)[C@H](CCC2CCC(C(F)(F)F)C(Cl)C2)NC(=O)CN(C)C(=O)[C@H](CC2CCCCC2)N(C)C(=O)CN(C)C(=O)CN(C)C1=O. The van der Waals surface area contributed by atoms with Gasteiger partial charge < -0.3 is 65.2 Å².